The third kappa shape index (κ3) is 3.31. The molecule has 1 aromatic rings. The first-order valence-corrected chi connectivity index (χ1v) is 7.71. The molecule has 1 nitrogen and oxygen atoms in total. The Morgan fingerprint density at radius 2 is 2.25 bits per heavy atom. The Morgan fingerprint density at radius 3 is 2.75 bits per heavy atom. The van der Waals surface area contributed by atoms with Crippen molar-refractivity contribution < 1.29 is 0 Å². The van der Waals surface area contributed by atoms with E-state index in [9.17, 15) is 0 Å². The van der Waals surface area contributed by atoms with Crippen LogP contribution in [0.4, 0.5) is 0 Å². The zero-order valence-corrected chi connectivity index (χ0v) is 12.5. The first kappa shape index (κ1) is 12.6. The standard InChI is InChI=1S/C13H20BrNS/c1-10(2)8-15-9-13(4-5-13)7-12-11(14)3-6-16-12/h3,6,10,15H,4-5,7-9H2,1-2H3. The van der Waals surface area contributed by atoms with Gasteiger partial charge >= 0.3 is 0 Å². The Morgan fingerprint density at radius 1 is 1.50 bits per heavy atom. The number of thiophene rings is 1. The van der Waals surface area contributed by atoms with Crippen molar-refractivity contribution in [1.29, 1.82) is 0 Å². The second-order valence-electron chi connectivity index (χ2n) is 5.39. The summed E-state index contributed by atoms with van der Waals surface area (Å²) in [7, 11) is 0. The van der Waals surface area contributed by atoms with Gasteiger partial charge in [0, 0.05) is 15.9 Å². The summed E-state index contributed by atoms with van der Waals surface area (Å²) in [6, 6.07) is 2.16. The number of rotatable bonds is 6. The molecule has 0 amide bonds. The van der Waals surface area contributed by atoms with Gasteiger partial charge in [-0.2, -0.15) is 0 Å². The van der Waals surface area contributed by atoms with Crippen LogP contribution in [0.25, 0.3) is 0 Å². The van der Waals surface area contributed by atoms with E-state index < -0.39 is 0 Å². The van der Waals surface area contributed by atoms with Crippen LogP contribution in [-0.4, -0.2) is 13.1 Å². The fraction of sp³-hybridized carbons (Fsp3) is 0.692. The Labute approximate surface area is 111 Å². The van der Waals surface area contributed by atoms with Crippen LogP contribution in [0.2, 0.25) is 0 Å². The Kier molecular flexibility index (Phi) is 4.09. The van der Waals surface area contributed by atoms with Crippen LogP contribution in [0.3, 0.4) is 0 Å². The highest BCUT2D eigenvalue weighted by Crippen LogP contribution is 2.49. The topological polar surface area (TPSA) is 12.0 Å². The lowest BCUT2D eigenvalue weighted by Gasteiger charge is -2.16. The van der Waals surface area contributed by atoms with Crippen molar-refractivity contribution in [3.8, 4) is 0 Å². The van der Waals surface area contributed by atoms with E-state index in [1.807, 2.05) is 11.3 Å². The zero-order valence-electron chi connectivity index (χ0n) is 10.1. The van der Waals surface area contributed by atoms with Gasteiger partial charge in [0.15, 0.2) is 0 Å². The van der Waals surface area contributed by atoms with Crippen molar-refractivity contribution in [2.24, 2.45) is 11.3 Å². The summed E-state index contributed by atoms with van der Waals surface area (Å²) in [6.07, 6.45) is 4.03. The molecular weight excluding hydrogens is 282 g/mol. The summed E-state index contributed by atoms with van der Waals surface area (Å²) in [5.74, 6) is 0.754. The van der Waals surface area contributed by atoms with Crippen LogP contribution in [-0.2, 0) is 6.42 Å². The molecule has 1 saturated carbocycles. The molecule has 0 atom stereocenters. The summed E-state index contributed by atoms with van der Waals surface area (Å²) in [5.41, 5.74) is 0.572. The molecule has 0 spiro atoms. The van der Waals surface area contributed by atoms with Crippen LogP contribution in [0.15, 0.2) is 15.9 Å². The average molecular weight is 302 g/mol. The average Bonchev–Trinajstić information content (AvgIpc) is 2.85. The van der Waals surface area contributed by atoms with Gasteiger partial charge in [0.1, 0.15) is 0 Å². The quantitative estimate of drug-likeness (QED) is 0.835. The monoisotopic (exact) mass is 301 g/mol. The third-order valence-electron chi connectivity index (χ3n) is 3.24. The molecule has 1 N–H and O–H groups in total. The van der Waals surface area contributed by atoms with E-state index in [0.29, 0.717) is 5.41 Å². The predicted octanol–water partition coefficient (Wildman–Crippen LogP) is 4.08. The molecule has 16 heavy (non-hydrogen) atoms. The minimum Gasteiger partial charge on any atom is -0.316 e. The molecule has 2 rings (SSSR count). The minimum atomic E-state index is 0.572. The molecule has 1 aliphatic carbocycles. The van der Waals surface area contributed by atoms with Gasteiger partial charge in [0.25, 0.3) is 0 Å². The first-order chi connectivity index (χ1) is 7.61. The molecule has 1 fully saturated rings. The number of hydrogen-bond donors (Lipinski definition) is 1. The number of hydrogen-bond acceptors (Lipinski definition) is 2. The van der Waals surface area contributed by atoms with E-state index in [4.69, 9.17) is 0 Å². The summed E-state index contributed by atoms with van der Waals surface area (Å²) in [5, 5.41) is 5.79. The maximum atomic E-state index is 3.63. The third-order valence-corrected chi connectivity index (χ3v) is 5.16. The molecule has 3 heteroatoms. The normalized spacial score (nSPS) is 18.0. The van der Waals surface area contributed by atoms with Crippen molar-refractivity contribution in [3.05, 3.63) is 20.8 Å². The van der Waals surface area contributed by atoms with Gasteiger partial charge < -0.3 is 5.32 Å². The smallest absolute Gasteiger partial charge is 0.0314 e. The summed E-state index contributed by atoms with van der Waals surface area (Å²) in [4.78, 5) is 1.52. The largest absolute Gasteiger partial charge is 0.316 e. The lowest BCUT2D eigenvalue weighted by atomic mass is 10.0. The van der Waals surface area contributed by atoms with Crippen molar-refractivity contribution in [1.82, 2.24) is 5.32 Å². The van der Waals surface area contributed by atoms with E-state index in [2.05, 4.69) is 46.5 Å². The van der Waals surface area contributed by atoms with Crippen molar-refractivity contribution in [2.75, 3.05) is 13.1 Å². The van der Waals surface area contributed by atoms with Crippen molar-refractivity contribution in [3.63, 3.8) is 0 Å². The lowest BCUT2D eigenvalue weighted by Crippen LogP contribution is -2.28. The van der Waals surface area contributed by atoms with Crippen LogP contribution < -0.4 is 5.32 Å². The van der Waals surface area contributed by atoms with Gasteiger partial charge in [0.05, 0.1) is 0 Å². The van der Waals surface area contributed by atoms with Crippen molar-refractivity contribution in [2.45, 2.75) is 33.1 Å². The van der Waals surface area contributed by atoms with Gasteiger partial charge in [-0.1, -0.05) is 13.8 Å². The van der Waals surface area contributed by atoms with Gasteiger partial charge in [-0.05, 0) is 64.5 Å². The number of nitrogens with one attached hydrogen (secondary N) is 1. The predicted molar refractivity (Wildman–Crippen MR) is 75.1 cm³/mol. The van der Waals surface area contributed by atoms with E-state index >= 15 is 0 Å². The fourth-order valence-corrected chi connectivity index (χ4v) is 3.68. The molecule has 1 aliphatic rings. The second-order valence-corrected chi connectivity index (χ2v) is 7.25. The maximum absolute atomic E-state index is 3.63. The summed E-state index contributed by atoms with van der Waals surface area (Å²) >= 11 is 5.51. The molecule has 0 aromatic carbocycles. The van der Waals surface area contributed by atoms with E-state index in [0.717, 1.165) is 12.5 Å². The fourth-order valence-electron chi connectivity index (χ4n) is 2.01. The molecule has 0 bridgehead atoms. The molecule has 0 radical (unpaired) electrons. The second kappa shape index (κ2) is 5.19. The minimum absolute atomic E-state index is 0.572. The molecule has 1 aromatic heterocycles. The zero-order chi connectivity index (χ0) is 11.6. The molecule has 0 unspecified atom stereocenters. The Bertz CT molecular complexity index is 341. The van der Waals surface area contributed by atoms with Crippen LogP contribution in [0.1, 0.15) is 31.6 Å². The number of halogens is 1. The van der Waals surface area contributed by atoms with Crippen molar-refractivity contribution >= 4 is 27.3 Å². The van der Waals surface area contributed by atoms with E-state index in [1.165, 1.54) is 35.2 Å². The SMILES string of the molecule is CC(C)CNCC1(Cc2sccc2Br)CC1. The summed E-state index contributed by atoms with van der Waals surface area (Å²) < 4.78 is 1.30. The summed E-state index contributed by atoms with van der Waals surface area (Å²) in [6.45, 7) is 6.87. The van der Waals surface area contributed by atoms with Crippen LogP contribution in [0.5, 0.6) is 0 Å². The van der Waals surface area contributed by atoms with E-state index in [-0.39, 0.29) is 0 Å². The van der Waals surface area contributed by atoms with Gasteiger partial charge in [0.2, 0.25) is 0 Å². The highest BCUT2D eigenvalue weighted by molar-refractivity contribution is 9.10. The van der Waals surface area contributed by atoms with Crippen LogP contribution in [0, 0.1) is 11.3 Å². The van der Waals surface area contributed by atoms with Crippen LogP contribution >= 0.6 is 27.3 Å². The molecule has 0 saturated heterocycles. The molecule has 90 valence electrons. The maximum Gasteiger partial charge on any atom is 0.0314 e. The van der Waals surface area contributed by atoms with Gasteiger partial charge in [-0.3, -0.25) is 0 Å². The Hall–Kier alpha value is 0.140. The molecule has 0 aliphatic heterocycles. The highest BCUT2D eigenvalue weighted by atomic mass is 79.9. The molecular formula is C13H20BrNS. The lowest BCUT2D eigenvalue weighted by molar-refractivity contribution is 0.433. The molecule has 1 heterocycles. The van der Waals surface area contributed by atoms with E-state index in [1.54, 1.807) is 0 Å². The first-order valence-electron chi connectivity index (χ1n) is 6.04. The Balaban J connectivity index is 1.82. The van der Waals surface area contributed by atoms with Gasteiger partial charge in [-0.25, -0.2) is 0 Å². The van der Waals surface area contributed by atoms with Gasteiger partial charge in [-0.15, -0.1) is 11.3 Å². The highest BCUT2D eigenvalue weighted by Gasteiger charge is 2.42.